The van der Waals surface area contributed by atoms with E-state index in [2.05, 4.69) is 20.1 Å². The quantitative estimate of drug-likeness (QED) is 0.520. The van der Waals surface area contributed by atoms with Gasteiger partial charge in [-0.2, -0.15) is 0 Å². The van der Waals surface area contributed by atoms with Crippen LogP contribution in [0.3, 0.4) is 0 Å². The van der Waals surface area contributed by atoms with Crippen LogP contribution >= 0.6 is 23.2 Å². The van der Waals surface area contributed by atoms with Crippen LogP contribution in [0.5, 0.6) is 0 Å². The second-order valence-corrected chi connectivity index (χ2v) is 6.03. The third-order valence-corrected chi connectivity index (χ3v) is 3.81. The summed E-state index contributed by atoms with van der Waals surface area (Å²) in [5.41, 5.74) is 1.79. The van der Waals surface area contributed by atoms with Gasteiger partial charge in [0, 0.05) is 15.6 Å². The monoisotopic (exact) mass is 370 g/mol. The summed E-state index contributed by atoms with van der Waals surface area (Å²) in [5, 5.41) is 0.760. The molecular formula is C19H24Cl2O3. The largest absolute Gasteiger partial charge is 0.497 e. The van der Waals surface area contributed by atoms with Crippen molar-refractivity contribution in [3.05, 3.63) is 71.2 Å². The van der Waals surface area contributed by atoms with Gasteiger partial charge in [0.1, 0.15) is 6.61 Å². The summed E-state index contributed by atoms with van der Waals surface area (Å²) < 4.78 is 16.8. The van der Waals surface area contributed by atoms with Crippen molar-refractivity contribution < 1.29 is 14.2 Å². The van der Waals surface area contributed by atoms with Crippen LogP contribution < -0.4 is 0 Å². The van der Waals surface area contributed by atoms with Gasteiger partial charge in [-0.15, -0.1) is 0 Å². The molecule has 132 valence electrons. The number of hydrogen-bond acceptors (Lipinski definition) is 3. The van der Waals surface area contributed by atoms with E-state index in [9.17, 15) is 0 Å². The fraction of sp³-hybridized carbons (Fsp3) is 0.368. The molecule has 1 rings (SSSR count). The zero-order valence-corrected chi connectivity index (χ0v) is 15.5. The molecule has 0 radical (unpaired) electrons. The van der Waals surface area contributed by atoms with Crippen LogP contribution in [0, 0.1) is 0 Å². The lowest BCUT2D eigenvalue weighted by Gasteiger charge is -2.18. The maximum atomic E-state index is 6.03. The number of ether oxygens (including phenoxy) is 3. The van der Waals surface area contributed by atoms with Gasteiger partial charge < -0.3 is 14.2 Å². The Morgan fingerprint density at radius 2 is 2.21 bits per heavy atom. The van der Waals surface area contributed by atoms with Crippen LogP contribution in [0.15, 0.2) is 71.2 Å². The Morgan fingerprint density at radius 1 is 1.42 bits per heavy atom. The summed E-state index contributed by atoms with van der Waals surface area (Å²) in [4.78, 5) is 0. The Balaban J connectivity index is 2.59. The number of hydrogen-bond donors (Lipinski definition) is 0. The predicted molar refractivity (Wildman–Crippen MR) is 101 cm³/mol. The number of allylic oxidation sites excluding steroid dienone is 6. The molecule has 5 heteroatoms. The molecule has 0 amide bonds. The summed E-state index contributed by atoms with van der Waals surface area (Å²) in [7, 11) is 0. The van der Waals surface area contributed by atoms with Crippen LogP contribution in [-0.2, 0) is 14.2 Å². The zero-order valence-electron chi connectivity index (χ0n) is 14.0. The molecule has 0 aliphatic carbocycles. The summed E-state index contributed by atoms with van der Waals surface area (Å²) in [6, 6.07) is 0. The van der Waals surface area contributed by atoms with Crippen LogP contribution in [0.4, 0.5) is 0 Å². The lowest BCUT2D eigenvalue weighted by atomic mass is 10.1. The van der Waals surface area contributed by atoms with Crippen molar-refractivity contribution in [2.24, 2.45) is 0 Å². The molecule has 1 atom stereocenters. The molecule has 1 heterocycles. The van der Waals surface area contributed by atoms with Crippen molar-refractivity contribution in [1.29, 1.82) is 0 Å². The van der Waals surface area contributed by atoms with E-state index in [1.54, 1.807) is 12.5 Å². The molecule has 0 fully saturated rings. The van der Waals surface area contributed by atoms with Crippen molar-refractivity contribution >= 4 is 23.2 Å². The number of rotatable bonds is 8. The summed E-state index contributed by atoms with van der Waals surface area (Å²) in [6.07, 6.45) is 12.5. The second-order valence-electron chi connectivity index (χ2n) is 5.16. The smallest absolute Gasteiger partial charge is 0.155 e. The Morgan fingerprint density at radius 3 is 2.88 bits per heavy atom. The van der Waals surface area contributed by atoms with Crippen molar-refractivity contribution in [2.45, 2.75) is 25.9 Å². The van der Waals surface area contributed by atoms with Gasteiger partial charge in [0.2, 0.25) is 0 Å². The van der Waals surface area contributed by atoms with Crippen molar-refractivity contribution in [3.63, 3.8) is 0 Å². The second kappa shape index (κ2) is 12.0. The van der Waals surface area contributed by atoms with E-state index < -0.39 is 0 Å². The molecule has 1 aliphatic rings. The standard InChI is InChI=1S/C19H24Cl2O3/c1-4-7-16-8-6-10-22-12-17(24-11-9-16)13-23-14-18(15(3)20)19(21)5-2/h5-6,8-11,17H,2-4,7,12-14H2,1H3/b10-6+,11-9+,16-8-,19-18+. The summed E-state index contributed by atoms with van der Waals surface area (Å²) >= 11 is 12.0. The van der Waals surface area contributed by atoms with E-state index >= 15 is 0 Å². The van der Waals surface area contributed by atoms with E-state index in [0.717, 1.165) is 12.8 Å². The highest BCUT2D eigenvalue weighted by molar-refractivity contribution is 6.36. The fourth-order valence-corrected chi connectivity index (χ4v) is 2.32. The number of halogens is 2. The molecule has 0 aromatic rings. The minimum atomic E-state index is -0.237. The third kappa shape index (κ3) is 7.91. The Labute approximate surface area is 154 Å². The van der Waals surface area contributed by atoms with Gasteiger partial charge in [-0.25, -0.2) is 0 Å². The predicted octanol–water partition coefficient (Wildman–Crippen LogP) is 5.60. The third-order valence-electron chi connectivity index (χ3n) is 3.20. The highest BCUT2D eigenvalue weighted by atomic mass is 35.5. The molecule has 0 bridgehead atoms. The van der Waals surface area contributed by atoms with E-state index in [1.807, 2.05) is 18.2 Å². The maximum absolute atomic E-state index is 6.03. The first-order valence-corrected chi connectivity index (χ1v) is 8.57. The molecule has 24 heavy (non-hydrogen) atoms. The van der Waals surface area contributed by atoms with Gasteiger partial charge in [0.25, 0.3) is 0 Å². The normalized spacial score (nSPS) is 23.6. The zero-order chi connectivity index (χ0) is 17.8. The molecular weight excluding hydrogens is 347 g/mol. The highest BCUT2D eigenvalue weighted by Crippen LogP contribution is 2.21. The highest BCUT2D eigenvalue weighted by Gasteiger charge is 2.12. The molecule has 0 spiro atoms. The average molecular weight is 371 g/mol. The SMILES string of the molecule is C=C/C(Cl)=C(/COCC1CO/C=C/C=C(CCC)\C=C\O1)C(=C)Cl. The maximum Gasteiger partial charge on any atom is 0.155 e. The van der Waals surface area contributed by atoms with Crippen molar-refractivity contribution in [1.82, 2.24) is 0 Å². The van der Waals surface area contributed by atoms with E-state index in [4.69, 9.17) is 37.4 Å². The molecule has 3 nitrogen and oxygen atoms in total. The van der Waals surface area contributed by atoms with Gasteiger partial charge in [0.15, 0.2) is 6.10 Å². The molecule has 0 aromatic carbocycles. The summed E-state index contributed by atoms with van der Waals surface area (Å²) in [5.74, 6) is 0. The minimum absolute atomic E-state index is 0.230. The van der Waals surface area contributed by atoms with Gasteiger partial charge in [-0.3, -0.25) is 0 Å². The molecule has 1 unspecified atom stereocenters. The molecule has 0 saturated carbocycles. The van der Waals surface area contributed by atoms with E-state index in [-0.39, 0.29) is 12.7 Å². The lowest BCUT2D eigenvalue weighted by molar-refractivity contribution is 0.0000126. The van der Waals surface area contributed by atoms with Crippen LogP contribution in [0.2, 0.25) is 0 Å². The van der Waals surface area contributed by atoms with E-state index in [1.165, 1.54) is 11.6 Å². The Kier molecular flexibility index (Phi) is 10.3. The van der Waals surface area contributed by atoms with Gasteiger partial charge in [-0.1, -0.05) is 61.9 Å². The van der Waals surface area contributed by atoms with Crippen LogP contribution in [-0.4, -0.2) is 25.9 Å². The Hall–Kier alpha value is -1.42. The topological polar surface area (TPSA) is 27.7 Å². The van der Waals surface area contributed by atoms with E-state index in [0.29, 0.717) is 28.9 Å². The van der Waals surface area contributed by atoms with Crippen molar-refractivity contribution in [3.8, 4) is 0 Å². The van der Waals surface area contributed by atoms with Crippen LogP contribution in [0.25, 0.3) is 0 Å². The van der Waals surface area contributed by atoms with Gasteiger partial charge in [0.05, 0.1) is 25.7 Å². The first kappa shape index (κ1) is 20.6. The Bertz CT molecular complexity index is 545. The molecule has 0 aromatic heterocycles. The molecule has 0 saturated heterocycles. The van der Waals surface area contributed by atoms with Gasteiger partial charge in [-0.05, 0) is 24.1 Å². The minimum Gasteiger partial charge on any atom is -0.497 e. The molecule has 1 aliphatic heterocycles. The average Bonchev–Trinajstić information content (AvgIpc) is 2.57. The first-order chi connectivity index (χ1) is 11.6. The summed E-state index contributed by atoms with van der Waals surface area (Å²) in [6.45, 7) is 10.4. The van der Waals surface area contributed by atoms with Crippen molar-refractivity contribution in [2.75, 3.05) is 19.8 Å². The van der Waals surface area contributed by atoms with Gasteiger partial charge >= 0.3 is 0 Å². The molecule has 0 N–H and O–H groups in total. The first-order valence-electron chi connectivity index (χ1n) is 7.81. The fourth-order valence-electron chi connectivity index (χ4n) is 1.95. The van der Waals surface area contributed by atoms with Crippen LogP contribution in [0.1, 0.15) is 19.8 Å². The lowest BCUT2D eigenvalue weighted by Crippen LogP contribution is -2.24.